The van der Waals surface area contributed by atoms with Crippen molar-refractivity contribution in [1.82, 2.24) is 19.9 Å². The lowest BCUT2D eigenvalue weighted by atomic mass is 10.1. The van der Waals surface area contributed by atoms with Crippen molar-refractivity contribution in [3.8, 4) is 11.4 Å². The summed E-state index contributed by atoms with van der Waals surface area (Å²) in [4.78, 5) is 34.4. The minimum absolute atomic E-state index is 0.0469. The van der Waals surface area contributed by atoms with Crippen LogP contribution in [-0.4, -0.2) is 57.9 Å². The number of piperazine rings is 1. The first-order valence-electron chi connectivity index (χ1n) is 12.3. The summed E-state index contributed by atoms with van der Waals surface area (Å²) in [6, 6.07) is 22.5. The summed E-state index contributed by atoms with van der Waals surface area (Å²) in [6.07, 6.45) is 0. The average molecular weight is 496 g/mol. The third kappa shape index (κ3) is 5.76. The molecule has 1 aromatic heterocycles. The topological polar surface area (TPSA) is 91.6 Å². The predicted molar refractivity (Wildman–Crippen MR) is 141 cm³/mol. The molecule has 8 nitrogen and oxygen atoms in total. The van der Waals surface area contributed by atoms with E-state index in [4.69, 9.17) is 4.52 Å². The van der Waals surface area contributed by atoms with Crippen molar-refractivity contribution in [2.24, 2.45) is 0 Å². The van der Waals surface area contributed by atoms with E-state index in [0.717, 1.165) is 11.1 Å². The van der Waals surface area contributed by atoms with E-state index in [9.17, 15) is 9.59 Å². The van der Waals surface area contributed by atoms with E-state index in [1.807, 2.05) is 73.3 Å². The van der Waals surface area contributed by atoms with Crippen LogP contribution in [0, 0.1) is 13.8 Å². The summed E-state index contributed by atoms with van der Waals surface area (Å²) in [5.74, 6) is 0.897. The molecule has 1 aliphatic heterocycles. The van der Waals surface area contributed by atoms with Crippen LogP contribution in [-0.2, 0) is 6.54 Å². The molecule has 0 bridgehead atoms. The number of hydrogen-bond acceptors (Lipinski definition) is 6. The van der Waals surface area contributed by atoms with Gasteiger partial charge in [-0.15, -0.1) is 0 Å². The molecule has 1 aliphatic rings. The quantitative estimate of drug-likeness (QED) is 0.422. The van der Waals surface area contributed by atoms with Gasteiger partial charge in [0.2, 0.25) is 11.7 Å². The lowest BCUT2D eigenvalue weighted by Gasteiger charge is -2.34. The number of benzene rings is 3. The van der Waals surface area contributed by atoms with Gasteiger partial charge in [0.1, 0.15) is 0 Å². The fourth-order valence-electron chi connectivity index (χ4n) is 4.30. The molecule has 188 valence electrons. The normalized spacial score (nSPS) is 13.9. The largest absolute Gasteiger partial charge is 0.338 e. The highest BCUT2D eigenvalue weighted by Crippen LogP contribution is 2.21. The molecule has 5 rings (SSSR count). The molecule has 0 atom stereocenters. The highest BCUT2D eigenvalue weighted by atomic mass is 16.5. The van der Waals surface area contributed by atoms with Crippen LogP contribution in [0.15, 0.2) is 77.3 Å². The van der Waals surface area contributed by atoms with Crippen LogP contribution in [0.25, 0.3) is 11.4 Å². The number of aryl methyl sites for hydroxylation is 2. The zero-order valence-electron chi connectivity index (χ0n) is 21.0. The Bertz CT molecular complexity index is 1390. The molecule has 4 aromatic rings. The summed E-state index contributed by atoms with van der Waals surface area (Å²) in [5.41, 5.74) is 4.77. The lowest BCUT2D eigenvalue weighted by Crippen LogP contribution is -2.48. The van der Waals surface area contributed by atoms with E-state index in [-0.39, 0.29) is 11.8 Å². The zero-order chi connectivity index (χ0) is 25.8. The molecule has 3 aromatic carbocycles. The van der Waals surface area contributed by atoms with E-state index < -0.39 is 0 Å². The minimum atomic E-state index is -0.200. The Balaban J connectivity index is 1.18. The van der Waals surface area contributed by atoms with Crippen molar-refractivity contribution in [2.45, 2.75) is 20.4 Å². The van der Waals surface area contributed by atoms with Gasteiger partial charge in [0, 0.05) is 48.6 Å². The van der Waals surface area contributed by atoms with Crippen molar-refractivity contribution in [2.75, 3.05) is 31.5 Å². The van der Waals surface area contributed by atoms with Crippen LogP contribution in [0.5, 0.6) is 0 Å². The Hall–Kier alpha value is -4.30. The standard InChI is InChI=1S/C29H29N5O3/c1-20-8-11-22(12-9-20)27-31-26(37-32-27)19-33-14-16-34(17-15-33)29(36)24-13-10-21(2)25(18-24)30-28(35)23-6-4-3-5-7-23/h3-13,18H,14-17,19H2,1-2H3,(H,30,35). The predicted octanol–water partition coefficient (Wildman–Crippen LogP) is 4.56. The third-order valence-electron chi connectivity index (χ3n) is 6.56. The highest BCUT2D eigenvalue weighted by molar-refractivity contribution is 6.05. The van der Waals surface area contributed by atoms with Crippen LogP contribution in [0.2, 0.25) is 0 Å². The molecular formula is C29H29N5O3. The lowest BCUT2D eigenvalue weighted by molar-refractivity contribution is 0.0615. The number of rotatable bonds is 6. The van der Waals surface area contributed by atoms with Gasteiger partial charge in [0.05, 0.1) is 6.54 Å². The van der Waals surface area contributed by atoms with E-state index in [0.29, 0.717) is 61.3 Å². The van der Waals surface area contributed by atoms with Crippen molar-refractivity contribution < 1.29 is 14.1 Å². The first-order chi connectivity index (χ1) is 18.0. The van der Waals surface area contributed by atoms with Crippen molar-refractivity contribution in [3.05, 3.63) is 101 Å². The minimum Gasteiger partial charge on any atom is -0.338 e. The van der Waals surface area contributed by atoms with Gasteiger partial charge in [0.15, 0.2) is 0 Å². The molecule has 8 heteroatoms. The van der Waals surface area contributed by atoms with Crippen LogP contribution in [0.3, 0.4) is 0 Å². The Morgan fingerprint density at radius 3 is 2.35 bits per heavy atom. The van der Waals surface area contributed by atoms with Crippen molar-refractivity contribution in [1.29, 1.82) is 0 Å². The molecule has 0 aliphatic carbocycles. The van der Waals surface area contributed by atoms with Gasteiger partial charge in [-0.05, 0) is 43.7 Å². The van der Waals surface area contributed by atoms with Gasteiger partial charge >= 0.3 is 0 Å². The number of nitrogens with zero attached hydrogens (tertiary/aromatic N) is 4. The Labute approximate surface area is 215 Å². The van der Waals surface area contributed by atoms with E-state index in [1.165, 1.54) is 5.56 Å². The summed E-state index contributed by atoms with van der Waals surface area (Å²) in [6.45, 7) is 7.09. The molecule has 2 heterocycles. The Kier molecular flexibility index (Phi) is 7.09. The van der Waals surface area contributed by atoms with Gasteiger partial charge in [-0.3, -0.25) is 14.5 Å². The van der Waals surface area contributed by atoms with E-state index in [2.05, 4.69) is 20.4 Å². The highest BCUT2D eigenvalue weighted by Gasteiger charge is 2.24. The molecule has 0 saturated carbocycles. The smallest absolute Gasteiger partial charge is 0.255 e. The zero-order valence-corrected chi connectivity index (χ0v) is 21.0. The fraction of sp³-hybridized carbons (Fsp3) is 0.241. The average Bonchev–Trinajstić information content (AvgIpc) is 3.39. The molecule has 1 fully saturated rings. The molecule has 1 N–H and O–H groups in total. The summed E-state index contributed by atoms with van der Waals surface area (Å²) >= 11 is 0. The molecule has 0 radical (unpaired) electrons. The number of hydrogen-bond donors (Lipinski definition) is 1. The fourth-order valence-corrected chi connectivity index (χ4v) is 4.30. The number of nitrogens with one attached hydrogen (secondary N) is 1. The molecular weight excluding hydrogens is 466 g/mol. The number of aromatic nitrogens is 2. The number of carbonyl (C=O) groups excluding carboxylic acids is 2. The molecule has 0 spiro atoms. The second kappa shape index (κ2) is 10.8. The Morgan fingerprint density at radius 2 is 1.62 bits per heavy atom. The summed E-state index contributed by atoms with van der Waals surface area (Å²) in [5, 5.41) is 7.05. The van der Waals surface area contributed by atoms with E-state index >= 15 is 0 Å². The second-order valence-electron chi connectivity index (χ2n) is 9.30. The first-order valence-corrected chi connectivity index (χ1v) is 12.3. The third-order valence-corrected chi connectivity index (χ3v) is 6.56. The van der Waals surface area contributed by atoms with Crippen LogP contribution < -0.4 is 5.32 Å². The maximum atomic E-state index is 13.2. The molecule has 37 heavy (non-hydrogen) atoms. The monoisotopic (exact) mass is 495 g/mol. The molecule has 1 saturated heterocycles. The SMILES string of the molecule is Cc1ccc(-c2noc(CN3CCN(C(=O)c4ccc(C)c(NC(=O)c5ccccc5)c4)CC3)n2)cc1. The van der Waals surface area contributed by atoms with Gasteiger partial charge in [-0.2, -0.15) is 4.98 Å². The van der Waals surface area contributed by atoms with Gasteiger partial charge in [-0.1, -0.05) is 59.3 Å². The first kappa shape index (κ1) is 24.4. The van der Waals surface area contributed by atoms with Crippen LogP contribution in [0.4, 0.5) is 5.69 Å². The van der Waals surface area contributed by atoms with Crippen molar-refractivity contribution in [3.63, 3.8) is 0 Å². The van der Waals surface area contributed by atoms with Crippen LogP contribution in [0.1, 0.15) is 37.7 Å². The number of anilines is 1. The maximum absolute atomic E-state index is 13.2. The van der Waals surface area contributed by atoms with E-state index in [1.54, 1.807) is 18.2 Å². The second-order valence-corrected chi connectivity index (χ2v) is 9.30. The van der Waals surface area contributed by atoms with Gasteiger partial charge in [0.25, 0.3) is 11.8 Å². The molecule has 0 unspecified atom stereocenters. The van der Waals surface area contributed by atoms with Gasteiger partial charge in [-0.25, -0.2) is 0 Å². The molecule has 2 amide bonds. The summed E-state index contributed by atoms with van der Waals surface area (Å²) in [7, 11) is 0. The number of carbonyl (C=O) groups is 2. The maximum Gasteiger partial charge on any atom is 0.255 e. The number of amides is 2. The Morgan fingerprint density at radius 1 is 0.892 bits per heavy atom. The van der Waals surface area contributed by atoms with Crippen molar-refractivity contribution >= 4 is 17.5 Å². The van der Waals surface area contributed by atoms with Gasteiger partial charge < -0.3 is 14.7 Å². The van der Waals surface area contributed by atoms with Crippen LogP contribution >= 0.6 is 0 Å². The summed E-state index contributed by atoms with van der Waals surface area (Å²) < 4.78 is 5.47.